The van der Waals surface area contributed by atoms with Crippen LogP contribution < -0.4 is 5.56 Å². The molecule has 0 aliphatic rings. The lowest BCUT2D eigenvalue weighted by molar-refractivity contribution is -0.137. The summed E-state index contributed by atoms with van der Waals surface area (Å²) in [5.74, 6) is 0. The van der Waals surface area contributed by atoms with E-state index < -0.39 is 11.7 Å². The van der Waals surface area contributed by atoms with Gasteiger partial charge in [-0.15, -0.1) is 0 Å². The predicted octanol–water partition coefficient (Wildman–Crippen LogP) is 3.44. The normalized spacial score (nSPS) is 11.2. The summed E-state index contributed by atoms with van der Waals surface area (Å²) in [6.45, 7) is 5.64. The van der Waals surface area contributed by atoms with Crippen LogP contribution in [0.5, 0.6) is 0 Å². The molecule has 0 saturated heterocycles. The number of hydrogen-bond donors (Lipinski definition) is 1. The maximum Gasteiger partial charge on any atom is 0.417 e. The van der Waals surface area contributed by atoms with Crippen LogP contribution >= 0.6 is 0 Å². The summed E-state index contributed by atoms with van der Waals surface area (Å²) >= 11 is 0. The number of aromatic amines is 1. The van der Waals surface area contributed by atoms with Crippen LogP contribution in [0.1, 0.15) is 25.1 Å². The molecule has 5 nitrogen and oxygen atoms in total. The van der Waals surface area contributed by atoms with Gasteiger partial charge in [0, 0.05) is 18.0 Å². The highest BCUT2D eigenvalue weighted by atomic mass is 19.4. The molecule has 0 aromatic carbocycles. The van der Waals surface area contributed by atoms with E-state index >= 15 is 0 Å². The number of pyridine rings is 1. The molecule has 0 saturated carbocycles. The number of rotatable bonds is 1. The molecule has 122 valence electrons. The van der Waals surface area contributed by atoms with Gasteiger partial charge in [0.2, 0.25) is 0 Å². The van der Waals surface area contributed by atoms with Gasteiger partial charge in [-0.1, -0.05) is 13.8 Å². The Morgan fingerprint density at radius 2 is 1.83 bits per heavy atom. The summed E-state index contributed by atoms with van der Waals surface area (Å²) in [6, 6.07) is 5.03. The van der Waals surface area contributed by atoms with Crippen molar-refractivity contribution < 1.29 is 13.2 Å². The van der Waals surface area contributed by atoms with Gasteiger partial charge in [0.25, 0.3) is 5.56 Å². The zero-order valence-electron chi connectivity index (χ0n) is 12.8. The predicted molar refractivity (Wildman–Crippen MR) is 80.1 cm³/mol. The fraction of sp³-hybridized carbons (Fsp3) is 0.267. The zero-order valence-corrected chi connectivity index (χ0v) is 12.8. The minimum Gasteiger partial charge on any atom is -0.303 e. The molecule has 0 radical (unpaired) electrons. The van der Waals surface area contributed by atoms with E-state index in [0.29, 0.717) is 22.7 Å². The number of hydrogen-bond acceptors (Lipinski definition) is 3. The first-order chi connectivity index (χ1) is 10.9. The molecule has 8 heteroatoms. The Balaban J connectivity index is 0.000000924. The van der Waals surface area contributed by atoms with Gasteiger partial charge in [0.15, 0.2) is 0 Å². The average molecular weight is 324 g/mol. The monoisotopic (exact) mass is 324 g/mol. The van der Waals surface area contributed by atoms with Gasteiger partial charge in [-0.25, -0.2) is 10.1 Å². The molecule has 0 aliphatic carbocycles. The van der Waals surface area contributed by atoms with Crippen LogP contribution in [0, 0.1) is 6.92 Å². The summed E-state index contributed by atoms with van der Waals surface area (Å²) in [6.07, 6.45) is -3.42. The lowest BCUT2D eigenvalue weighted by Gasteiger charge is -2.07. The van der Waals surface area contributed by atoms with E-state index in [1.165, 1.54) is 22.6 Å². The number of halogens is 3. The van der Waals surface area contributed by atoms with Crippen molar-refractivity contribution in [2.45, 2.75) is 26.9 Å². The number of fused-ring (bicyclic) bond motifs is 1. The van der Waals surface area contributed by atoms with Crippen LogP contribution in [-0.4, -0.2) is 19.6 Å². The van der Waals surface area contributed by atoms with Crippen molar-refractivity contribution in [2.24, 2.45) is 0 Å². The van der Waals surface area contributed by atoms with Crippen LogP contribution in [-0.2, 0) is 6.18 Å². The fourth-order valence-electron chi connectivity index (χ4n) is 2.05. The Morgan fingerprint density at radius 1 is 1.13 bits per heavy atom. The highest BCUT2D eigenvalue weighted by Crippen LogP contribution is 2.30. The van der Waals surface area contributed by atoms with Crippen molar-refractivity contribution in [2.75, 3.05) is 0 Å². The van der Waals surface area contributed by atoms with E-state index in [-0.39, 0.29) is 5.56 Å². The van der Waals surface area contributed by atoms with Gasteiger partial charge in [-0.2, -0.15) is 18.3 Å². The number of aromatic nitrogens is 4. The largest absolute Gasteiger partial charge is 0.417 e. The highest BCUT2D eigenvalue weighted by molar-refractivity contribution is 5.62. The Labute approximate surface area is 129 Å². The van der Waals surface area contributed by atoms with Crippen LogP contribution in [0.2, 0.25) is 0 Å². The third-order valence-electron chi connectivity index (χ3n) is 3.11. The second-order valence-corrected chi connectivity index (χ2v) is 4.50. The number of imidazole rings is 1. The van der Waals surface area contributed by atoms with Crippen LogP contribution in [0.25, 0.3) is 17.0 Å². The lowest BCUT2D eigenvalue weighted by Crippen LogP contribution is -2.06. The van der Waals surface area contributed by atoms with Gasteiger partial charge in [-0.3, -0.25) is 4.79 Å². The molecule has 23 heavy (non-hydrogen) atoms. The van der Waals surface area contributed by atoms with Crippen molar-refractivity contribution in [1.82, 2.24) is 19.6 Å². The van der Waals surface area contributed by atoms with Crippen LogP contribution in [0.15, 0.2) is 35.3 Å². The molecule has 0 amide bonds. The van der Waals surface area contributed by atoms with Crippen molar-refractivity contribution in [1.29, 1.82) is 0 Å². The molecule has 0 fully saturated rings. The van der Waals surface area contributed by atoms with Gasteiger partial charge in [0.1, 0.15) is 17.0 Å². The van der Waals surface area contributed by atoms with E-state index in [1.807, 2.05) is 13.8 Å². The van der Waals surface area contributed by atoms with Crippen LogP contribution in [0.3, 0.4) is 0 Å². The molecule has 0 unspecified atom stereocenters. The van der Waals surface area contributed by atoms with E-state index in [4.69, 9.17) is 0 Å². The summed E-state index contributed by atoms with van der Waals surface area (Å²) in [5, 5.41) is 6.11. The Morgan fingerprint density at radius 3 is 2.39 bits per heavy atom. The SMILES string of the molecule is CC.Cc1c(-c2ccc(=O)[nH]n2)nc2ccc(C(F)(F)F)cn12. The van der Waals surface area contributed by atoms with Crippen LogP contribution in [0.4, 0.5) is 13.2 Å². The van der Waals surface area contributed by atoms with Gasteiger partial charge >= 0.3 is 6.18 Å². The smallest absolute Gasteiger partial charge is 0.303 e. The lowest BCUT2D eigenvalue weighted by atomic mass is 10.2. The number of nitrogens with zero attached hydrogens (tertiary/aromatic N) is 3. The van der Waals surface area contributed by atoms with E-state index in [1.54, 1.807) is 6.92 Å². The molecular formula is C15H15F3N4O. The van der Waals surface area contributed by atoms with Gasteiger partial charge in [0.05, 0.1) is 5.56 Å². The highest BCUT2D eigenvalue weighted by Gasteiger charge is 2.31. The molecule has 3 aromatic rings. The van der Waals surface area contributed by atoms with Gasteiger partial charge in [-0.05, 0) is 25.1 Å². The maximum absolute atomic E-state index is 12.7. The molecule has 3 heterocycles. The number of nitrogens with one attached hydrogen (secondary N) is 1. The minimum absolute atomic E-state index is 0.362. The van der Waals surface area contributed by atoms with Crippen molar-refractivity contribution in [3.8, 4) is 11.4 Å². The Hall–Kier alpha value is -2.64. The number of alkyl halides is 3. The second kappa shape index (κ2) is 6.23. The summed E-state index contributed by atoms with van der Waals surface area (Å²) < 4.78 is 39.6. The number of aryl methyl sites for hydroxylation is 1. The van der Waals surface area contributed by atoms with Crippen molar-refractivity contribution >= 4 is 5.65 Å². The molecule has 0 bridgehead atoms. The first-order valence-corrected chi connectivity index (χ1v) is 6.98. The molecular weight excluding hydrogens is 309 g/mol. The quantitative estimate of drug-likeness (QED) is 0.746. The first kappa shape index (κ1) is 16.7. The topological polar surface area (TPSA) is 63.0 Å². The Kier molecular flexibility index (Phi) is 4.53. The average Bonchev–Trinajstić information content (AvgIpc) is 2.86. The van der Waals surface area contributed by atoms with E-state index in [2.05, 4.69) is 15.2 Å². The zero-order chi connectivity index (χ0) is 17.2. The molecule has 0 spiro atoms. The van der Waals surface area contributed by atoms with Gasteiger partial charge < -0.3 is 4.40 Å². The Bertz CT molecular complexity index is 860. The standard InChI is InChI=1S/C13H9F3N4O.C2H6/c1-7-12(9-3-5-11(21)19-18-9)17-10-4-2-8(6-20(7)10)13(14,15)16;1-2/h2-6H,1H3,(H,19,21);1-2H3. The maximum atomic E-state index is 12.7. The fourth-order valence-corrected chi connectivity index (χ4v) is 2.05. The van der Waals surface area contributed by atoms with E-state index in [9.17, 15) is 18.0 Å². The number of H-pyrrole nitrogens is 1. The molecule has 0 atom stereocenters. The van der Waals surface area contributed by atoms with Crippen molar-refractivity contribution in [3.05, 3.63) is 52.1 Å². The third kappa shape index (κ3) is 3.25. The second-order valence-electron chi connectivity index (χ2n) is 4.50. The summed E-state index contributed by atoms with van der Waals surface area (Å²) in [7, 11) is 0. The minimum atomic E-state index is -4.42. The molecule has 3 aromatic heterocycles. The molecule has 1 N–H and O–H groups in total. The van der Waals surface area contributed by atoms with E-state index in [0.717, 1.165) is 12.3 Å². The molecule has 3 rings (SSSR count). The summed E-state index contributed by atoms with van der Waals surface area (Å²) in [4.78, 5) is 15.2. The first-order valence-electron chi connectivity index (χ1n) is 6.98. The summed E-state index contributed by atoms with van der Waals surface area (Å²) in [5.41, 5.74) is 0.588. The third-order valence-corrected chi connectivity index (χ3v) is 3.11. The van der Waals surface area contributed by atoms with Crippen molar-refractivity contribution in [3.63, 3.8) is 0 Å². The molecule has 0 aliphatic heterocycles.